The summed E-state index contributed by atoms with van der Waals surface area (Å²) in [7, 11) is 0. The van der Waals surface area contributed by atoms with E-state index in [1.165, 1.54) is 42.8 Å². The van der Waals surface area contributed by atoms with Crippen molar-refractivity contribution in [1.82, 2.24) is 0 Å². The molecule has 0 aliphatic heterocycles. The average Bonchev–Trinajstić information content (AvgIpc) is 2.42. The van der Waals surface area contributed by atoms with Crippen molar-refractivity contribution in [3.05, 3.63) is 59.9 Å². The summed E-state index contributed by atoms with van der Waals surface area (Å²) in [6.45, 7) is 4.25. The van der Waals surface area contributed by atoms with Crippen LogP contribution >= 0.6 is 0 Å². The summed E-state index contributed by atoms with van der Waals surface area (Å²) in [5.74, 6) is -0.112. The van der Waals surface area contributed by atoms with Crippen molar-refractivity contribution in [1.29, 1.82) is 0 Å². The predicted molar refractivity (Wildman–Crippen MR) is 73.9 cm³/mol. The minimum absolute atomic E-state index is 0.0523. The number of alkyl halides is 3. The molecule has 0 unspecified atom stereocenters. The van der Waals surface area contributed by atoms with Gasteiger partial charge < -0.3 is 4.74 Å². The van der Waals surface area contributed by atoms with Crippen LogP contribution in [0.5, 0.6) is 11.5 Å². The van der Waals surface area contributed by atoms with Crippen LogP contribution in [-0.4, -0.2) is 0 Å². The fourth-order valence-corrected chi connectivity index (χ4v) is 1.37. The summed E-state index contributed by atoms with van der Waals surface area (Å²) in [6, 6.07) is 9.53. The third kappa shape index (κ3) is 5.85. The fraction of sp³-hybridized carbons (Fsp3) is 0.250. The first-order chi connectivity index (χ1) is 9.86. The van der Waals surface area contributed by atoms with Gasteiger partial charge in [0.15, 0.2) is 0 Å². The Labute approximate surface area is 121 Å². The van der Waals surface area contributed by atoms with Gasteiger partial charge in [-0.15, -0.1) is 0 Å². The smallest absolute Gasteiger partial charge is 0.416 e. The number of ether oxygens (including phenoxy) is 1. The van der Waals surface area contributed by atoms with Gasteiger partial charge in [0, 0.05) is 0 Å². The molecule has 0 aromatic heterocycles. The largest absolute Gasteiger partial charge is 0.457 e. The number of rotatable bonds is 2. The minimum atomic E-state index is -4.41. The van der Waals surface area contributed by atoms with E-state index in [4.69, 9.17) is 4.74 Å². The highest BCUT2D eigenvalue weighted by Crippen LogP contribution is 2.32. The summed E-state index contributed by atoms with van der Waals surface area (Å²) < 4.78 is 55.2. The molecule has 0 N–H and O–H groups in total. The van der Waals surface area contributed by atoms with E-state index in [-0.39, 0.29) is 11.5 Å². The van der Waals surface area contributed by atoms with Crippen molar-refractivity contribution >= 4 is 0 Å². The van der Waals surface area contributed by atoms with E-state index in [0.29, 0.717) is 0 Å². The maximum atomic E-state index is 12.6. The zero-order chi connectivity index (χ0) is 15.9. The van der Waals surface area contributed by atoms with Gasteiger partial charge in [-0.05, 0) is 42.5 Å². The lowest BCUT2D eigenvalue weighted by molar-refractivity contribution is -0.137. The lowest BCUT2D eigenvalue weighted by Gasteiger charge is -2.09. The van der Waals surface area contributed by atoms with Crippen LogP contribution in [0.25, 0.3) is 0 Å². The Kier molecular flexibility index (Phi) is 6.21. The molecule has 0 spiro atoms. The number of halogens is 4. The van der Waals surface area contributed by atoms with Gasteiger partial charge in [-0.3, -0.25) is 0 Å². The average molecular weight is 300 g/mol. The Balaban J connectivity index is 0.000000677. The maximum absolute atomic E-state index is 12.6. The molecule has 21 heavy (non-hydrogen) atoms. The second kappa shape index (κ2) is 7.67. The number of hydrogen-bond donors (Lipinski definition) is 0. The standard InChI is InChI=1S/C13H8F4O.C3H8/c14-10-4-6-11(7-5-10)18-12-3-1-2-9(8-12)13(15,16)17;1-3-2/h1-8H;3H2,1-2H3. The van der Waals surface area contributed by atoms with Gasteiger partial charge in [0.05, 0.1) is 5.56 Å². The molecule has 0 radical (unpaired) electrons. The molecular weight excluding hydrogens is 284 g/mol. The van der Waals surface area contributed by atoms with Crippen molar-refractivity contribution in [2.75, 3.05) is 0 Å². The molecule has 5 heteroatoms. The van der Waals surface area contributed by atoms with E-state index in [1.54, 1.807) is 0 Å². The van der Waals surface area contributed by atoms with E-state index in [2.05, 4.69) is 13.8 Å². The number of hydrogen-bond acceptors (Lipinski definition) is 1. The Bertz CT molecular complexity index is 547. The summed E-state index contributed by atoms with van der Waals surface area (Å²) in [5.41, 5.74) is -0.790. The Morgan fingerprint density at radius 1 is 0.905 bits per heavy atom. The Morgan fingerprint density at radius 2 is 1.48 bits per heavy atom. The van der Waals surface area contributed by atoms with Gasteiger partial charge in [-0.2, -0.15) is 13.2 Å². The van der Waals surface area contributed by atoms with Crippen molar-refractivity contribution in [2.45, 2.75) is 26.4 Å². The Hall–Kier alpha value is -2.04. The zero-order valence-corrected chi connectivity index (χ0v) is 11.7. The van der Waals surface area contributed by atoms with Crippen LogP contribution in [0.3, 0.4) is 0 Å². The molecule has 0 bridgehead atoms. The second-order valence-corrected chi connectivity index (χ2v) is 4.29. The van der Waals surface area contributed by atoms with Crippen molar-refractivity contribution in [3.63, 3.8) is 0 Å². The maximum Gasteiger partial charge on any atom is 0.416 e. The topological polar surface area (TPSA) is 9.23 Å². The minimum Gasteiger partial charge on any atom is -0.457 e. The summed E-state index contributed by atoms with van der Waals surface area (Å²) in [5, 5.41) is 0. The van der Waals surface area contributed by atoms with Crippen LogP contribution < -0.4 is 4.74 Å². The normalized spacial score (nSPS) is 10.6. The first-order valence-electron chi connectivity index (χ1n) is 6.47. The van der Waals surface area contributed by atoms with Gasteiger partial charge in [-0.25, -0.2) is 4.39 Å². The van der Waals surface area contributed by atoms with Gasteiger partial charge in [0.1, 0.15) is 17.3 Å². The van der Waals surface area contributed by atoms with Gasteiger partial charge in [0.25, 0.3) is 0 Å². The third-order valence-corrected chi connectivity index (χ3v) is 2.21. The van der Waals surface area contributed by atoms with Crippen molar-refractivity contribution in [2.24, 2.45) is 0 Å². The van der Waals surface area contributed by atoms with E-state index >= 15 is 0 Å². The molecule has 0 atom stereocenters. The van der Waals surface area contributed by atoms with Crippen LogP contribution in [0.15, 0.2) is 48.5 Å². The molecule has 2 aromatic rings. The summed E-state index contributed by atoms with van der Waals surface area (Å²) in [6.07, 6.45) is -3.16. The predicted octanol–water partition coefficient (Wildman–Crippen LogP) is 6.05. The molecular formula is C16H16F4O. The van der Waals surface area contributed by atoms with Crippen LogP contribution in [0.4, 0.5) is 17.6 Å². The first-order valence-corrected chi connectivity index (χ1v) is 6.47. The highest BCUT2D eigenvalue weighted by molar-refractivity contribution is 5.34. The molecule has 2 aromatic carbocycles. The molecule has 1 nitrogen and oxygen atoms in total. The zero-order valence-electron chi connectivity index (χ0n) is 11.7. The summed E-state index contributed by atoms with van der Waals surface area (Å²) >= 11 is 0. The van der Waals surface area contributed by atoms with E-state index in [1.807, 2.05) is 0 Å². The SMILES string of the molecule is CCC.Fc1ccc(Oc2cccc(C(F)(F)F)c2)cc1. The van der Waals surface area contributed by atoms with E-state index < -0.39 is 17.6 Å². The third-order valence-electron chi connectivity index (χ3n) is 2.21. The van der Waals surface area contributed by atoms with E-state index in [0.717, 1.165) is 12.1 Å². The molecule has 0 aliphatic rings. The van der Waals surface area contributed by atoms with Crippen molar-refractivity contribution in [3.8, 4) is 11.5 Å². The summed E-state index contributed by atoms with van der Waals surface area (Å²) in [4.78, 5) is 0. The molecule has 0 saturated carbocycles. The van der Waals surface area contributed by atoms with Crippen LogP contribution in [0.1, 0.15) is 25.8 Å². The molecule has 2 rings (SSSR count). The molecule has 114 valence electrons. The van der Waals surface area contributed by atoms with E-state index in [9.17, 15) is 17.6 Å². The van der Waals surface area contributed by atoms with Crippen LogP contribution in [0.2, 0.25) is 0 Å². The van der Waals surface area contributed by atoms with Gasteiger partial charge in [0.2, 0.25) is 0 Å². The van der Waals surface area contributed by atoms with Gasteiger partial charge in [-0.1, -0.05) is 26.3 Å². The number of benzene rings is 2. The molecule has 0 heterocycles. The second-order valence-electron chi connectivity index (χ2n) is 4.29. The molecule has 0 aliphatic carbocycles. The molecule has 0 amide bonds. The Morgan fingerprint density at radius 3 is 2.00 bits per heavy atom. The first kappa shape index (κ1) is 17.0. The van der Waals surface area contributed by atoms with Gasteiger partial charge >= 0.3 is 6.18 Å². The molecule has 0 fully saturated rings. The lowest BCUT2D eigenvalue weighted by atomic mass is 10.2. The van der Waals surface area contributed by atoms with Crippen LogP contribution in [-0.2, 0) is 6.18 Å². The van der Waals surface area contributed by atoms with Crippen molar-refractivity contribution < 1.29 is 22.3 Å². The monoisotopic (exact) mass is 300 g/mol. The van der Waals surface area contributed by atoms with Crippen LogP contribution in [0, 0.1) is 5.82 Å². The molecule has 0 saturated heterocycles. The quantitative estimate of drug-likeness (QED) is 0.613. The highest BCUT2D eigenvalue weighted by atomic mass is 19.4. The highest BCUT2D eigenvalue weighted by Gasteiger charge is 2.30. The lowest BCUT2D eigenvalue weighted by Crippen LogP contribution is -2.04. The fourth-order valence-electron chi connectivity index (χ4n) is 1.37.